The van der Waals surface area contributed by atoms with E-state index in [4.69, 9.17) is 39.5 Å². The molecule has 0 aliphatic carbocycles. The number of carbonyl (C=O) groups is 1. The van der Waals surface area contributed by atoms with Crippen molar-refractivity contribution in [2.45, 2.75) is 13.5 Å². The third-order valence-corrected chi connectivity index (χ3v) is 4.22. The maximum absolute atomic E-state index is 12.1. The van der Waals surface area contributed by atoms with Crippen molar-refractivity contribution in [1.29, 1.82) is 0 Å². The van der Waals surface area contributed by atoms with Gasteiger partial charge < -0.3 is 4.74 Å². The molecule has 6 heteroatoms. The first-order valence-electron chi connectivity index (χ1n) is 7.11. The monoisotopic (exact) mass is 379 g/mol. The van der Waals surface area contributed by atoms with Crippen LogP contribution >= 0.6 is 34.8 Å². The van der Waals surface area contributed by atoms with E-state index in [0.717, 1.165) is 16.5 Å². The topological polar surface area (TPSA) is 39.2 Å². The van der Waals surface area contributed by atoms with Crippen molar-refractivity contribution in [3.63, 3.8) is 0 Å². The summed E-state index contributed by atoms with van der Waals surface area (Å²) in [4.78, 5) is 16.5. The molecule has 0 unspecified atom stereocenters. The van der Waals surface area contributed by atoms with E-state index in [0.29, 0.717) is 20.8 Å². The van der Waals surface area contributed by atoms with Gasteiger partial charge in [0.2, 0.25) is 0 Å². The Morgan fingerprint density at radius 2 is 1.75 bits per heavy atom. The minimum absolute atomic E-state index is 0.0125. The summed E-state index contributed by atoms with van der Waals surface area (Å²) in [5.41, 5.74) is 2.82. The average Bonchev–Trinajstić information content (AvgIpc) is 2.51. The predicted molar refractivity (Wildman–Crippen MR) is 97.1 cm³/mol. The molecule has 0 N–H and O–H groups in total. The molecule has 0 saturated carbocycles. The Morgan fingerprint density at radius 3 is 2.46 bits per heavy atom. The third-order valence-electron chi connectivity index (χ3n) is 3.46. The number of esters is 1. The van der Waals surface area contributed by atoms with Gasteiger partial charge in [0.1, 0.15) is 11.8 Å². The minimum Gasteiger partial charge on any atom is -0.457 e. The van der Waals surface area contributed by atoms with Crippen LogP contribution in [-0.2, 0) is 11.3 Å². The smallest absolute Gasteiger partial charge is 0.338 e. The first-order valence-corrected chi connectivity index (χ1v) is 8.25. The lowest BCUT2D eigenvalue weighted by molar-refractivity contribution is 0.0472. The third kappa shape index (κ3) is 3.81. The summed E-state index contributed by atoms with van der Waals surface area (Å²) in [6, 6.07) is 12.3. The van der Waals surface area contributed by atoms with E-state index >= 15 is 0 Å². The molecule has 0 spiro atoms. The Hall–Kier alpha value is -1.81. The summed E-state index contributed by atoms with van der Waals surface area (Å²) in [5.74, 6) is -0.528. The molecule has 0 fully saturated rings. The molecule has 0 bridgehead atoms. The van der Waals surface area contributed by atoms with Gasteiger partial charge in [0.15, 0.2) is 0 Å². The van der Waals surface area contributed by atoms with Gasteiger partial charge in [0.05, 0.1) is 11.1 Å². The zero-order valence-corrected chi connectivity index (χ0v) is 14.9. The molecule has 0 atom stereocenters. The van der Waals surface area contributed by atoms with Crippen LogP contribution in [0, 0.1) is 6.92 Å². The summed E-state index contributed by atoms with van der Waals surface area (Å²) in [6.45, 7) is 2.00. The molecular formula is C18H12Cl3NO2. The molecule has 0 aliphatic heterocycles. The Morgan fingerprint density at radius 1 is 1.04 bits per heavy atom. The van der Waals surface area contributed by atoms with Crippen molar-refractivity contribution in [2.75, 3.05) is 0 Å². The summed E-state index contributed by atoms with van der Waals surface area (Å²) in [5, 5.41) is 1.98. The molecule has 24 heavy (non-hydrogen) atoms. The van der Waals surface area contributed by atoms with Gasteiger partial charge in [0, 0.05) is 21.0 Å². The minimum atomic E-state index is -0.528. The molecule has 1 aromatic heterocycles. The van der Waals surface area contributed by atoms with Crippen LogP contribution in [-0.4, -0.2) is 11.0 Å². The van der Waals surface area contributed by atoms with E-state index in [2.05, 4.69) is 4.98 Å². The van der Waals surface area contributed by atoms with Gasteiger partial charge in [-0.1, -0.05) is 46.9 Å². The number of benzene rings is 2. The van der Waals surface area contributed by atoms with Gasteiger partial charge >= 0.3 is 5.97 Å². The summed E-state index contributed by atoms with van der Waals surface area (Å²) in [7, 11) is 0. The van der Waals surface area contributed by atoms with Gasteiger partial charge in [-0.15, -0.1) is 0 Å². The van der Waals surface area contributed by atoms with Gasteiger partial charge in [-0.25, -0.2) is 9.78 Å². The van der Waals surface area contributed by atoms with Crippen LogP contribution in [0.25, 0.3) is 10.9 Å². The van der Waals surface area contributed by atoms with Crippen molar-refractivity contribution in [3.05, 3.63) is 74.4 Å². The van der Waals surface area contributed by atoms with E-state index in [1.807, 2.05) is 31.2 Å². The highest BCUT2D eigenvalue weighted by Crippen LogP contribution is 2.23. The van der Waals surface area contributed by atoms with Crippen molar-refractivity contribution in [1.82, 2.24) is 4.98 Å². The molecule has 3 aromatic rings. The van der Waals surface area contributed by atoms with Crippen molar-refractivity contribution >= 4 is 51.7 Å². The number of hydrogen-bond acceptors (Lipinski definition) is 3. The lowest BCUT2D eigenvalue weighted by Gasteiger charge is -2.09. The first kappa shape index (κ1) is 17.0. The van der Waals surface area contributed by atoms with Crippen LogP contribution < -0.4 is 0 Å². The average molecular weight is 381 g/mol. The quantitative estimate of drug-likeness (QED) is 0.422. The number of hydrogen-bond donors (Lipinski definition) is 0. The van der Waals surface area contributed by atoms with Crippen LogP contribution in [0.4, 0.5) is 0 Å². The lowest BCUT2D eigenvalue weighted by atomic mass is 10.1. The number of carbonyl (C=O) groups excluding carboxylic acids is 1. The van der Waals surface area contributed by atoms with Crippen LogP contribution in [0.1, 0.15) is 21.5 Å². The fourth-order valence-corrected chi connectivity index (χ4v) is 3.02. The molecule has 1 heterocycles. The number of pyridine rings is 1. The van der Waals surface area contributed by atoms with Gasteiger partial charge in [0.25, 0.3) is 0 Å². The van der Waals surface area contributed by atoms with E-state index in [1.54, 1.807) is 6.07 Å². The zero-order valence-electron chi connectivity index (χ0n) is 12.6. The molecule has 3 rings (SSSR count). The molecular weight excluding hydrogens is 369 g/mol. The maximum Gasteiger partial charge on any atom is 0.338 e. The fourth-order valence-electron chi connectivity index (χ4n) is 2.30. The molecule has 0 saturated heterocycles. The van der Waals surface area contributed by atoms with E-state index in [9.17, 15) is 4.79 Å². The van der Waals surface area contributed by atoms with Crippen LogP contribution in [0.2, 0.25) is 15.2 Å². The molecule has 122 valence electrons. The lowest BCUT2D eigenvalue weighted by Crippen LogP contribution is -2.06. The fraction of sp³-hybridized carbons (Fsp3) is 0.111. The van der Waals surface area contributed by atoms with Crippen molar-refractivity contribution in [3.8, 4) is 0 Å². The Kier molecular flexibility index (Phi) is 4.95. The van der Waals surface area contributed by atoms with E-state index in [1.165, 1.54) is 12.1 Å². The number of fused-ring (bicyclic) bond motifs is 1. The maximum atomic E-state index is 12.1. The summed E-state index contributed by atoms with van der Waals surface area (Å²) < 4.78 is 5.30. The van der Waals surface area contributed by atoms with Crippen molar-refractivity contribution < 1.29 is 9.53 Å². The highest BCUT2D eigenvalue weighted by molar-refractivity contribution is 6.35. The number of nitrogens with zero attached hydrogens (tertiary/aromatic N) is 1. The number of ether oxygens (including phenoxy) is 1. The second kappa shape index (κ2) is 6.98. The van der Waals surface area contributed by atoms with E-state index in [-0.39, 0.29) is 12.2 Å². The standard InChI is InChI=1S/C18H12Cl3NO2/c1-10-2-3-11-5-13(17(21)22-16(11)4-10)9-24-18(23)12-6-14(19)8-15(20)7-12/h2-8H,9H2,1H3. The first-order chi connectivity index (χ1) is 11.4. The Balaban J connectivity index is 1.81. The molecule has 0 aliphatic rings. The van der Waals surface area contributed by atoms with Gasteiger partial charge in [-0.2, -0.15) is 0 Å². The summed E-state index contributed by atoms with van der Waals surface area (Å²) >= 11 is 18.0. The second-order valence-electron chi connectivity index (χ2n) is 5.37. The SMILES string of the molecule is Cc1ccc2cc(COC(=O)c3cc(Cl)cc(Cl)c3)c(Cl)nc2c1. The van der Waals surface area contributed by atoms with Gasteiger partial charge in [-0.05, 0) is 42.8 Å². The molecule has 3 nitrogen and oxygen atoms in total. The molecule has 0 amide bonds. The largest absolute Gasteiger partial charge is 0.457 e. The predicted octanol–water partition coefficient (Wildman–Crippen LogP) is 5.86. The Bertz CT molecular complexity index is 921. The second-order valence-corrected chi connectivity index (χ2v) is 6.60. The highest BCUT2D eigenvalue weighted by atomic mass is 35.5. The molecule has 0 radical (unpaired) electrons. The zero-order chi connectivity index (χ0) is 17.3. The van der Waals surface area contributed by atoms with Crippen LogP contribution in [0.5, 0.6) is 0 Å². The van der Waals surface area contributed by atoms with Crippen LogP contribution in [0.15, 0.2) is 42.5 Å². The van der Waals surface area contributed by atoms with Crippen LogP contribution in [0.3, 0.4) is 0 Å². The highest BCUT2D eigenvalue weighted by Gasteiger charge is 2.12. The Labute approximate surface area is 154 Å². The normalized spacial score (nSPS) is 10.8. The number of aryl methyl sites for hydroxylation is 1. The van der Waals surface area contributed by atoms with Gasteiger partial charge in [-0.3, -0.25) is 0 Å². The number of rotatable bonds is 3. The molecule has 2 aromatic carbocycles. The number of aromatic nitrogens is 1. The number of halogens is 3. The van der Waals surface area contributed by atoms with Crippen molar-refractivity contribution in [2.24, 2.45) is 0 Å². The summed E-state index contributed by atoms with van der Waals surface area (Å²) in [6.07, 6.45) is 0. The van der Waals surface area contributed by atoms with E-state index < -0.39 is 5.97 Å².